The summed E-state index contributed by atoms with van der Waals surface area (Å²) in [7, 11) is 0. The zero-order valence-corrected chi connectivity index (χ0v) is 20.7. The van der Waals surface area contributed by atoms with Gasteiger partial charge < -0.3 is 19.7 Å². The van der Waals surface area contributed by atoms with E-state index in [2.05, 4.69) is 47.2 Å². The Morgan fingerprint density at radius 1 is 1.16 bits per heavy atom. The fourth-order valence-corrected chi connectivity index (χ4v) is 4.31. The lowest BCUT2D eigenvalue weighted by molar-refractivity contribution is 0.0367. The largest absolute Gasteiger partial charge is 0.494 e. The van der Waals surface area contributed by atoms with Gasteiger partial charge in [0.2, 0.25) is 0 Å². The summed E-state index contributed by atoms with van der Waals surface area (Å²) in [5.74, 6) is 0.959. The molecule has 31 heavy (non-hydrogen) atoms. The van der Waals surface area contributed by atoms with Gasteiger partial charge >= 0.3 is 0 Å². The highest BCUT2D eigenvalue weighted by Crippen LogP contribution is 2.20. The third-order valence-corrected chi connectivity index (χ3v) is 6.28. The normalized spacial score (nSPS) is 15.5. The summed E-state index contributed by atoms with van der Waals surface area (Å²) in [6, 6.07) is 8.78. The number of hydrogen-bond donors (Lipinski definition) is 1. The van der Waals surface area contributed by atoms with E-state index >= 15 is 0 Å². The van der Waals surface area contributed by atoms with Gasteiger partial charge in [0, 0.05) is 44.3 Å². The molecule has 0 radical (unpaired) electrons. The van der Waals surface area contributed by atoms with Gasteiger partial charge in [0.15, 0.2) is 5.11 Å². The number of thiocarbonyl (C=S) groups is 1. The molecule has 1 aromatic rings. The first-order valence-corrected chi connectivity index (χ1v) is 12.6. The van der Waals surface area contributed by atoms with E-state index in [1.807, 2.05) is 13.0 Å². The van der Waals surface area contributed by atoms with Crippen molar-refractivity contribution < 1.29 is 9.47 Å². The lowest BCUT2D eigenvalue weighted by atomic mass is 10.1. The predicted octanol–water partition coefficient (Wildman–Crippen LogP) is 4.84. The van der Waals surface area contributed by atoms with E-state index < -0.39 is 0 Å². The Labute approximate surface area is 195 Å². The summed E-state index contributed by atoms with van der Waals surface area (Å²) in [4.78, 5) is 4.82. The highest BCUT2D eigenvalue weighted by molar-refractivity contribution is 7.80. The molecule has 176 valence electrons. The van der Waals surface area contributed by atoms with Crippen molar-refractivity contribution in [1.82, 2.24) is 15.1 Å². The summed E-state index contributed by atoms with van der Waals surface area (Å²) in [5.41, 5.74) is 1.19. The number of nitrogens with one attached hydrogen (secondary N) is 1. The predicted molar refractivity (Wildman–Crippen MR) is 134 cm³/mol. The molecular weight excluding hydrogens is 406 g/mol. The molecule has 0 spiro atoms. The maximum atomic E-state index is 5.91. The molecule has 2 rings (SSSR count). The Morgan fingerprint density at radius 3 is 2.65 bits per heavy atom. The number of para-hydroxylation sites is 1. The Bertz CT molecular complexity index is 623. The van der Waals surface area contributed by atoms with Crippen LogP contribution in [0.1, 0.15) is 64.9 Å². The molecule has 0 saturated carbocycles. The summed E-state index contributed by atoms with van der Waals surface area (Å²) in [5, 5.41) is 4.54. The van der Waals surface area contributed by atoms with Gasteiger partial charge in [-0.25, -0.2) is 0 Å². The van der Waals surface area contributed by atoms with E-state index in [-0.39, 0.29) is 0 Å². The maximum absolute atomic E-state index is 5.91. The van der Waals surface area contributed by atoms with Crippen LogP contribution in [0, 0.1) is 0 Å². The van der Waals surface area contributed by atoms with Crippen molar-refractivity contribution in [2.24, 2.45) is 0 Å². The fourth-order valence-electron chi connectivity index (χ4n) is 3.98. The molecule has 5 nitrogen and oxygen atoms in total. The van der Waals surface area contributed by atoms with Crippen molar-refractivity contribution in [3.05, 3.63) is 29.8 Å². The van der Waals surface area contributed by atoms with Gasteiger partial charge in [0.25, 0.3) is 0 Å². The van der Waals surface area contributed by atoms with Gasteiger partial charge in [-0.15, -0.1) is 0 Å². The average Bonchev–Trinajstić information content (AvgIpc) is 2.79. The molecule has 1 saturated heterocycles. The van der Waals surface area contributed by atoms with E-state index in [0.29, 0.717) is 12.6 Å². The van der Waals surface area contributed by atoms with E-state index in [0.717, 1.165) is 69.6 Å². The van der Waals surface area contributed by atoms with Crippen LogP contribution in [0.15, 0.2) is 24.3 Å². The van der Waals surface area contributed by atoms with E-state index in [9.17, 15) is 0 Å². The second kappa shape index (κ2) is 15.4. The summed E-state index contributed by atoms with van der Waals surface area (Å²) >= 11 is 5.91. The third kappa shape index (κ3) is 9.75. The second-order valence-corrected chi connectivity index (χ2v) is 8.71. The Morgan fingerprint density at radius 2 is 1.94 bits per heavy atom. The minimum absolute atomic E-state index is 0.447. The summed E-state index contributed by atoms with van der Waals surface area (Å²) < 4.78 is 11.4. The first kappa shape index (κ1) is 25.9. The zero-order valence-electron chi connectivity index (χ0n) is 19.9. The molecule has 1 heterocycles. The quantitative estimate of drug-likeness (QED) is 0.323. The number of hydrogen-bond acceptors (Lipinski definition) is 4. The molecule has 6 heteroatoms. The maximum Gasteiger partial charge on any atom is 0.169 e. The fraction of sp³-hybridized carbons (Fsp3) is 0.720. The van der Waals surface area contributed by atoms with Gasteiger partial charge in [-0.1, -0.05) is 51.3 Å². The monoisotopic (exact) mass is 449 g/mol. The first-order valence-electron chi connectivity index (χ1n) is 12.2. The number of unbranched alkanes of at least 4 members (excludes halogenated alkanes) is 2. The van der Waals surface area contributed by atoms with E-state index in [1.54, 1.807) is 0 Å². The van der Waals surface area contributed by atoms with Gasteiger partial charge in [-0.3, -0.25) is 4.90 Å². The lowest BCUT2D eigenvalue weighted by Gasteiger charge is -2.31. The molecule has 0 bridgehead atoms. The van der Waals surface area contributed by atoms with Crippen LogP contribution >= 0.6 is 12.2 Å². The van der Waals surface area contributed by atoms with Crippen LogP contribution < -0.4 is 10.1 Å². The van der Waals surface area contributed by atoms with Crippen LogP contribution in [0.2, 0.25) is 0 Å². The van der Waals surface area contributed by atoms with Crippen molar-refractivity contribution in [2.45, 2.75) is 71.9 Å². The minimum Gasteiger partial charge on any atom is -0.494 e. The molecule has 1 unspecified atom stereocenters. The summed E-state index contributed by atoms with van der Waals surface area (Å²) in [6.07, 6.45) is 7.17. The van der Waals surface area contributed by atoms with Crippen molar-refractivity contribution in [2.75, 3.05) is 46.0 Å². The Kier molecular flexibility index (Phi) is 12.9. The van der Waals surface area contributed by atoms with Crippen LogP contribution in [0.25, 0.3) is 0 Å². The highest BCUT2D eigenvalue weighted by atomic mass is 32.1. The zero-order chi connectivity index (χ0) is 22.3. The van der Waals surface area contributed by atoms with E-state index in [4.69, 9.17) is 21.7 Å². The lowest BCUT2D eigenvalue weighted by Crippen LogP contribution is -2.45. The number of benzene rings is 1. The first-order chi connectivity index (χ1) is 15.2. The van der Waals surface area contributed by atoms with Crippen molar-refractivity contribution >= 4 is 17.3 Å². The Balaban J connectivity index is 2.00. The SMILES string of the molecule is CCCCCC(CC)NC(=S)N(CCCN1CCOCC1)Cc1ccccc1OCC. The molecule has 0 amide bonds. The molecule has 1 aliphatic rings. The van der Waals surface area contributed by atoms with Crippen LogP contribution in [0.4, 0.5) is 0 Å². The second-order valence-electron chi connectivity index (χ2n) is 8.32. The Hall–Kier alpha value is -1.37. The smallest absolute Gasteiger partial charge is 0.169 e. The molecule has 0 aliphatic carbocycles. The molecule has 1 atom stereocenters. The number of morpholine rings is 1. The summed E-state index contributed by atoms with van der Waals surface area (Å²) in [6.45, 7) is 13.8. The minimum atomic E-state index is 0.447. The standard InChI is InChI=1S/C25H43N3O2S/c1-4-7-8-13-23(5-2)26-25(31)28(16-11-15-27-17-19-29-20-18-27)21-22-12-9-10-14-24(22)30-6-3/h9-10,12,14,23H,4-8,11,13,15-21H2,1-3H3,(H,26,31). The molecule has 0 aromatic heterocycles. The topological polar surface area (TPSA) is 37.0 Å². The van der Waals surface area contributed by atoms with Gasteiger partial charge in [0.1, 0.15) is 5.75 Å². The van der Waals surface area contributed by atoms with Crippen LogP contribution in [-0.4, -0.2) is 67.0 Å². The third-order valence-electron chi connectivity index (χ3n) is 5.90. The molecule has 1 aliphatic heterocycles. The van der Waals surface area contributed by atoms with Gasteiger partial charge in [-0.2, -0.15) is 0 Å². The van der Waals surface area contributed by atoms with Gasteiger partial charge in [-0.05, 0) is 44.5 Å². The highest BCUT2D eigenvalue weighted by Gasteiger charge is 2.17. The van der Waals surface area contributed by atoms with Gasteiger partial charge in [0.05, 0.1) is 19.8 Å². The number of ether oxygens (including phenoxy) is 2. The van der Waals surface area contributed by atoms with Crippen LogP contribution in [0.3, 0.4) is 0 Å². The number of rotatable bonds is 14. The van der Waals surface area contributed by atoms with Crippen molar-refractivity contribution in [3.8, 4) is 5.75 Å². The van der Waals surface area contributed by atoms with E-state index in [1.165, 1.54) is 31.2 Å². The molecule has 1 fully saturated rings. The van der Waals surface area contributed by atoms with Crippen molar-refractivity contribution in [3.63, 3.8) is 0 Å². The molecular formula is C25H43N3O2S. The number of nitrogens with zero attached hydrogens (tertiary/aromatic N) is 2. The average molecular weight is 450 g/mol. The molecule has 1 aromatic carbocycles. The van der Waals surface area contributed by atoms with Crippen molar-refractivity contribution in [1.29, 1.82) is 0 Å². The molecule has 1 N–H and O–H groups in total. The van der Waals surface area contributed by atoms with Crippen LogP contribution in [-0.2, 0) is 11.3 Å². The van der Waals surface area contributed by atoms with Crippen LogP contribution in [0.5, 0.6) is 5.75 Å².